The zero-order chi connectivity index (χ0) is 19.4. The summed E-state index contributed by atoms with van der Waals surface area (Å²) in [6.07, 6.45) is 0. The SMILES string of the molecule is CC(C)[C@H](C)N1C(=O)c2nc(NC(C)(C)C)c3ccc(Cl)cc3c2C1=O. The summed E-state index contributed by atoms with van der Waals surface area (Å²) in [6.45, 7) is 11.9. The average molecular weight is 374 g/mol. The van der Waals surface area contributed by atoms with E-state index in [1.165, 1.54) is 4.90 Å². The molecule has 0 radical (unpaired) electrons. The number of nitrogens with zero attached hydrogens (tertiary/aromatic N) is 2. The third-order valence-corrected chi connectivity index (χ3v) is 4.92. The number of imide groups is 1. The third kappa shape index (κ3) is 3.05. The molecule has 0 unspecified atom stereocenters. The normalized spacial score (nSPS) is 15.8. The van der Waals surface area contributed by atoms with E-state index in [9.17, 15) is 9.59 Å². The standard InChI is InChI=1S/C20H24ClN3O2/c1-10(2)11(3)24-18(25)15-14-9-12(21)7-8-13(14)17(23-20(4,5)6)22-16(15)19(24)26/h7-11H,1-6H3,(H,22,23)/t11-/m0/s1. The summed E-state index contributed by atoms with van der Waals surface area (Å²) < 4.78 is 0. The Labute approximate surface area is 158 Å². The number of hydrogen-bond donors (Lipinski definition) is 1. The summed E-state index contributed by atoms with van der Waals surface area (Å²) in [4.78, 5) is 31.9. The first-order valence-corrected chi connectivity index (χ1v) is 9.18. The first kappa shape index (κ1) is 18.6. The van der Waals surface area contributed by atoms with Crippen LogP contribution in [-0.4, -0.2) is 33.3 Å². The number of hydrogen-bond acceptors (Lipinski definition) is 4. The molecule has 5 nitrogen and oxygen atoms in total. The summed E-state index contributed by atoms with van der Waals surface area (Å²) in [7, 11) is 0. The Morgan fingerprint density at radius 3 is 2.31 bits per heavy atom. The van der Waals surface area contributed by atoms with Crippen LogP contribution in [0.25, 0.3) is 10.8 Å². The van der Waals surface area contributed by atoms with Crippen LogP contribution in [0.5, 0.6) is 0 Å². The van der Waals surface area contributed by atoms with Crippen LogP contribution in [-0.2, 0) is 0 Å². The molecule has 1 aromatic carbocycles. The van der Waals surface area contributed by atoms with Gasteiger partial charge in [-0.1, -0.05) is 25.4 Å². The van der Waals surface area contributed by atoms with Gasteiger partial charge in [0.1, 0.15) is 11.5 Å². The van der Waals surface area contributed by atoms with Gasteiger partial charge in [0.25, 0.3) is 11.8 Å². The minimum Gasteiger partial charge on any atom is -0.365 e. The Balaban J connectivity index is 2.28. The minimum absolute atomic E-state index is 0.152. The van der Waals surface area contributed by atoms with E-state index in [0.717, 1.165) is 5.39 Å². The van der Waals surface area contributed by atoms with Crippen molar-refractivity contribution < 1.29 is 9.59 Å². The zero-order valence-corrected chi connectivity index (χ0v) is 16.7. The molecular weight excluding hydrogens is 350 g/mol. The van der Waals surface area contributed by atoms with Crippen molar-refractivity contribution in [2.45, 2.75) is 53.1 Å². The summed E-state index contributed by atoms with van der Waals surface area (Å²) in [5.74, 6) is 0.0978. The number of carbonyl (C=O) groups excluding carboxylic acids is 2. The maximum Gasteiger partial charge on any atom is 0.280 e. The Kier molecular flexibility index (Phi) is 4.47. The number of aromatic nitrogens is 1. The molecule has 1 aliphatic rings. The van der Waals surface area contributed by atoms with E-state index in [4.69, 9.17) is 11.6 Å². The number of nitrogens with one attached hydrogen (secondary N) is 1. The molecule has 3 rings (SSSR count). The van der Waals surface area contributed by atoms with Crippen molar-refractivity contribution >= 4 is 40.0 Å². The highest BCUT2D eigenvalue weighted by Crippen LogP contribution is 2.36. The number of rotatable bonds is 3. The first-order valence-electron chi connectivity index (χ1n) is 8.80. The highest BCUT2D eigenvalue weighted by molar-refractivity contribution is 6.33. The Morgan fingerprint density at radius 1 is 1.08 bits per heavy atom. The predicted molar refractivity (Wildman–Crippen MR) is 105 cm³/mol. The summed E-state index contributed by atoms with van der Waals surface area (Å²) in [5.41, 5.74) is 0.299. The van der Waals surface area contributed by atoms with Crippen LogP contribution in [0.15, 0.2) is 18.2 Å². The van der Waals surface area contributed by atoms with Crippen LogP contribution in [0, 0.1) is 5.92 Å². The molecule has 0 fully saturated rings. The van der Waals surface area contributed by atoms with E-state index < -0.39 is 0 Å². The molecule has 2 heterocycles. The highest BCUT2D eigenvalue weighted by Gasteiger charge is 2.42. The molecule has 0 saturated heterocycles. The molecule has 1 aromatic heterocycles. The van der Waals surface area contributed by atoms with Gasteiger partial charge in [0.05, 0.1) is 5.56 Å². The van der Waals surface area contributed by atoms with Crippen LogP contribution in [0.3, 0.4) is 0 Å². The molecule has 0 spiro atoms. The lowest BCUT2D eigenvalue weighted by Crippen LogP contribution is -2.41. The lowest BCUT2D eigenvalue weighted by Gasteiger charge is -2.25. The Hall–Kier alpha value is -2.14. The number of carbonyl (C=O) groups is 2. The molecule has 0 saturated carbocycles. The van der Waals surface area contributed by atoms with Crippen molar-refractivity contribution in [1.82, 2.24) is 9.88 Å². The van der Waals surface area contributed by atoms with Crippen LogP contribution in [0.1, 0.15) is 62.4 Å². The molecule has 0 bridgehead atoms. The molecule has 1 aliphatic heterocycles. The molecule has 1 N–H and O–H groups in total. The van der Waals surface area contributed by atoms with E-state index in [1.807, 2.05) is 47.6 Å². The smallest absolute Gasteiger partial charge is 0.280 e. The first-order chi connectivity index (χ1) is 12.0. The Morgan fingerprint density at radius 2 is 1.73 bits per heavy atom. The fourth-order valence-corrected chi connectivity index (χ4v) is 3.27. The number of fused-ring (bicyclic) bond motifs is 3. The zero-order valence-electron chi connectivity index (χ0n) is 16.0. The fourth-order valence-electron chi connectivity index (χ4n) is 3.10. The minimum atomic E-state index is -0.343. The van der Waals surface area contributed by atoms with Crippen molar-refractivity contribution in [1.29, 1.82) is 0 Å². The van der Waals surface area contributed by atoms with Crippen LogP contribution < -0.4 is 5.32 Å². The van der Waals surface area contributed by atoms with Gasteiger partial charge in [0.15, 0.2) is 0 Å². The van der Waals surface area contributed by atoms with E-state index in [0.29, 0.717) is 21.8 Å². The number of pyridine rings is 1. The van der Waals surface area contributed by atoms with Crippen molar-refractivity contribution in [2.24, 2.45) is 5.92 Å². The van der Waals surface area contributed by atoms with Gasteiger partial charge in [-0.15, -0.1) is 0 Å². The van der Waals surface area contributed by atoms with Crippen LogP contribution >= 0.6 is 11.6 Å². The second-order valence-electron chi connectivity index (χ2n) is 8.21. The molecule has 1 atom stereocenters. The monoisotopic (exact) mass is 373 g/mol. The lowest BCUT2D eigenvalue weighted by molar-refractivity contribution is 0.0557. The molecule has 138 valence electrons. The van der Waals surface area contributed by atoms with Crippen molar-refractivity contribution in [3.63, 3.8) is 0 Å². The van der Waals surface area contributed by atoms with E-state index in [1.54, 1.807) is 12.1 Å². The number of benzene rings is 1. The van der Waals surface area contributed by atoms with Gasteiger partial charge in [-0.25, -0.2) is 4.98 Å². The molecule has 2 amide bonds. The molecule has 2 aromatic rings. The van der Waals surface area contributed by atoms with Crippen LogP contribution in [0.2, 0.25) is 5.02 Å². The second kappa shape index (κ2) is 6.23. The molecular formula is C20H24ClN3O2. The van der Waals surface area contributed by atoms with Gasteiger partial charge < -0.3 is 5.32 Å². The van der Waals surface area contributed by atoms with Gasteiger partial charge >= 0.3 is 0 Å². The van der Waals surface area contributed by atoms with Crippen molar-refractivity contribution in [3.8, 4) is 0 Å². The topological polar surface area (TPSA) is 62.3 Å². The quantitative estimate of drug-likeness (QED) is 0.789. The van der Waals surface area contributed by atoms with E-state index in [-0.39, 0.29) is 35.0 Å². The average Bonchev–Trinajstić information content (AvgIpc) is 2.76. The molecule has 6 heteroatoms. The second-order valence-corrected chi connectivity index (χ2v) is 8.65. The maximum absolute atomic E-state index is 13.1. The maximum atomic E-state index is 13.1. The highest BCUT2D eigenvalue weighted by atomic mass is 35.5. The van der Waals surface area contributed by atoms with Crippen molar-refractivity contribution in [2.75, 3.05) is 5.32 Å². The number of halogens is 1. The largest absolute Gasteiger partial charge is 0.365 e. The predicted octanol–water partition coefficient (Wildman–Crippen LogP) is 4.74. The summed E-state index contributed by atoms with van der Waals surface area (Å²) >= 11 is 6.19. The van der Waals surface area contributed by atoms with Crippen molar-refractivity contribution in [3.05, 3.63) is 34.5 Å². The molecule has 0 aliphatic carbocycles. The van der Waals surface area contributed by atoms with Gasteiger partial charge in [-0.05, 0) is 51.8 Å². The van der Waals surface area contributed by atoms with Gasteiger partial charge in [-0.3, -0.25) is 14.5 Å². The van der Waals surface area contributed by atoms with Crippen LogP contribution in [0.4, 0.5) is 5.82 Å². The van der Waals surface area contributed by atoms with Gasteiger partial charge in [0, 0.05) is 27.4 Å². The van der Waals surface area contributed by atoms with Gasteiger partial charge in [-0.2, -0.15) is 0 Å². The number of anilines is 1. The van der Waals surface area contributed by atoms with E-state index in [2.05, 4.69) is 10.3 Å². The Bertz CT molecular complexity index is 915. The summed E-state index contributed by atoms with van der Waals surface area (Å²) in [6, 6.07) is 5.13. The molecule has 26 heavy (non-hydrogen) atoms. The number of amides is 2. The third-order valence-electron chi connectivity index (χ3n) is 4.69. The van der Waals surface area contributed by atoms with E-state index >= 15 is 0 Å². The summed E-state index contributed by atoms with van der Waals surface area (Å²) in [5, 5.41) is 5.30. The van der Waals surface area contributed by atoms with Gasteiger partial charge in [0.2, 0.25) is 0 Å². The lowest BCUT2D eigenvalue weighted by atomic mass is 10.0. The fraction of sp³-hybridized carbons (Fsp3) is 0.450.